The van der Waals surface area contributed by atoms with E-state index in [1.807, 2.05) is 0 Å². The molecular weight excluding hydrogens is 188 g/mol. The number of nitrogens with two attached hydrogens (primary N) is 1. The third kappa shape index (κ3) is 2.19. The number of nitrogens with one attached hydrogen (secondary N) is 1. The summed E-state index contributed by atoms with van der Waals surface area (Å²) in [6.45, 7) is 5.52. The Morgan fingerprint density at radius 3 is 2.47 bits per heavy atom. The molecule has 4 nitrogen and oxygen atoms in total. The molecule has 1 aliphatic carbocycles. The van der Waals surface area contributed by atoms with Gasteiger partial charge in [0.25, 0.3) is 0 Å². The van der Waals surface area contributed by atoms with E-state index in [0.29, 0.717) is 17.1 Å². The summed E-state index contributed by atoms with van der Waals surface area (Å²) < 4.78 is 0. The number of anilines is 2. The van der Waals surface area contributed by atoms with E-state index in [9.17, 15) is 0 Å². The van der Waals surface area contributed by atoms with Crippen LogP contribution >= 0.6 is 0 Å². The summed E-state index contributed by atoms with van der Waals surface area (Å²) >= 11 is 0. The van der Waals surface area contributed by atoms with Gasteiger partial charge in [0.05, 0.1) is 18.1 Å². The van der Waals surface area contributed by atoms with Crippen molar-refractivity contribution in [2.24, 2.45) is 11.3 Å². The van der Waals surface area contributed by atoms with Crippen molar-refractivity contribution < 1.29 is 0 Å². The summed E-state index contributed by atoms with van der Waals surface area (Å²) in [6, 6.07) is 0. The van der Waals surface area contributed by atoms with Gasteiger partial charge in [0, 0.05) is 6.54 Å². The number of hydrogen-bond donors (Lipinski definition) is 2. The van der Waals surface area contributed by atoms with Gasteiger partial charge in [0.15, 0.2) is 0 Å². The third-order valence-corrected chi connectivity index (χ3v) is 3.39. The first kappa shape index (κ1) is 10.2. The molecule has 0 atom stereocenters. The average Bonchev–Trinajstić information content (AvgIpc) is 2.98. The first-order valence-electron chi connectivity index (χ1n) is 5.44. The van der Waals surface area contributed by atoms with Gasteiger partial charge in [-0.05, 0) is 24.2 Å². The lowest BCUT2D eigenvalue weighted by molar-refractivity contribution is 0.379. The largest absolute Gasteiger partial charge is 0.396 e. The van der Waals surface area contributed by atoms with Crippen LogP contribution in [0.4, 0.5) is 11.6 Å². The second kappa shape index (κ2) is 3.68. The summed E-state index contributed by atoms with van der Waals surface area (Å²) in [6.07, 6.45) is 5.88. The van der Waals surface area contributed by atoms with E-state index < -0.39 is 0 Å². The molecule has 1 saturated carbocycles. The highest BCUT2D eigenvalue weighted by atomic mass is 15.1. The van der Waals surface area contributed by atoms with Gasteiger partial charge in [0.1, 0.15) is 0 Å². The van der Waals surface area contributed by atoms with Crippen LogP contribution in [-0.2, 0) is 0 Å². The van der Waals surface area contributed by atoms with Crippen LogP contribution in [0.3, 0.4) is 0 Å². The molecule has 1 heterocycles. The van der Waals surface area contributed by atoms with Gasteiger partial charge in [-0.15, -0.1) is 0 Å². The highest BCUT2D eigenvalue weighted by molar-refractivity contribution is 5.36. The molecule has 0 saturated heterocycles. The zero-order valence-corrected chi connectivity index (χ0v) is 9.33. The Bertz CT molecular complexity index is 327. The molecule has 1 aromatic heterocycles. The van der Waals surface area contributed by atoms with Crippen molar-refractivity contribution in [2.45, 2.75) is 26.7 Å². The van der Waals surface area contributed by atoms with E-state index in [4.69, 9.17) is 5.73 Å². The van der Waals surface area contributed by atoms with Crippen LogP contribution in [0.25, 0.3) is 0 Å². The van der Waals surface area contributed by atoms with E-state index in [1.165, 1.54) is 12.8 Å². The Hall–Kier alpha value is -1.32. The van der Waals surface area contributed by atoms with Crippen LogP contribution in [0.2, 0.25) is 0 Å². The maximum atomic E-state index is 5.52. The van der Waals surface area contributed by atoms with E-state index in [0.717, 1.165) is 12.5 Å². The highest BCUT2D eigenvalue weighted by Crippen LogP contribution is 2.51. The van der Waals surface area contributed by atoms with Gasteiger partial charge >= 0.3 is 0 Å². The number of nitrogen functional groups attached to an aromatic ring is 1. The first-order valence-corrected chi connectivity index (χ1v) is 5.44. The predicted octanol–water partition coefficient (Wildman–Crippen LogP) is 1.91. The van der Waals surface area contributed by atoms with Gasteiger partial charge in [-0.2, -0.15) is 0 Å². The zero-order valence-electron chi connectivity index (χ0n) is 9.33. The minimum atomic E-state index is 0.477. The standard InChI is InChI=1S/C11H18N4/c1-8(2)11(3-4-11)7-15-10-13-5-9(12)6-14-10/h5-6,8H,3-4,7,12H2,1-2H3,(H,13,14,15). The Kier molecular flexibility index (Phi) is 2.50. The molecule has 4 heteroatoms. The van der Waals surface area contributed by atoms with Crippen LogP contribution in [0.5, 0.6) is 0 Å². The second-order valence-corrected chi connectivity index (χ2v) is 4.71. The molecule has 0 unspecified atom stereocenters. The molecular formula is C11H18N4. The normalized spacial score (nSPS) is 17.8. The molecule has 3 N–H and O–H groups in total. The molecule has 15 heavy (non-hydrogen) atoms. The second-order valence-electron chi connectivity index (χ2n) is 4.71. The van der Waals surface area contributed by atoms with Crippen LogP contribution < -0.4 is 11.1 Å². The summed E-state index contributed by atoms with van der Waals surface area (Å²) in [7, 11) is 0. The molecule has 0 aromatic carbocycles. The number of rotatable bonds is 4. The zero-order chi connectivity index (χ0) is 10.9. The van der Waals surface area contributed by atoms with Crippen molar-refractivity contribution in [3.05, 3.63) is 12.4 Å². The van der Waals surface area contributed by atoms with Crippen molar-refractivity contribution in [2.75, 3.05) is 17.6 Å². The Labute approximate surface area is 90.3 Å². The van der Waals surface area contributed by atoms with Crippen LogP contribution in [0.15, 0.2) is 12.4 Å². The lowest BCUT2D eigenvalue weighted by Gasteiger charge is -2.19. The molecule has 0 aliphatic heterocycles. The van der Waals surface area contributed by atoms with Crippen molar-refractivity contribution >= 4 is 11.6 Å². The molecule has 0 spiro atoms. The van der Waals surface area contributed by atoms with Gasteiger partial charge in [0.2, 0.25) is 5.95 Å². The lowest BCUT2D eigenvalue weighted by atomic mass is 9.92. The van der Waals surface area contributed by atoms with E-state index in [1.54, 1.807) is 12.4 Å². The maximum Gasteiger partial charge on any atom is 0.222 e. The van der Waals surface area contributed by atoms with Crippen molar-refractivity contribution in [3.63, 3.8) is 0 Å². The molecule has 1 fully saturated rings. The molecule has 0 radical (unpaired) electrons. The van der Waals surface area contributed by atoms with E-state index in [2.05, 4.69) is 29.1 Å². The number of aromatic nitrogens is 2. The molecule has 1 aromatic rings. The Morgan fingerprint density at radius 2 is 2.00 bits per heavy atom. The SMILES string of the molecule is CC(C)C1(CNc2ncc(N)cn2)CC1. The van der Waals surface area contributed by atoms with Crippen molar-refractivity contribution in [1.82, 2.24) is 9.97 Å². The minimum Gasteiger partial charge on any atom is -0.396 e. The van der Waals surface area contributed by atoms with Crippen molar-refractivity contribution in [1.29, 1.82) is 0 Å². The van der Waals surface area contributed by atoms with Gasteiger partial charge < -0.3 is 11.1 Å². The Balaban J connectivity index is 1.91. The minimum absolute atomic E-state index is 0.477. The monoisotopic (exact) mass is 206 g/mol. The summed E-state index contributed by atoms with van der Waals surface area (Å²) in [4.78, 5) is 8.24. The molecule has 1 aliphatic rings. The van der Waals surface area contributed by atoms with Gasteiger partial charge in [-0.3, -0.25) is 0 Å². The third-order valence-electron chi connectivity index (χ3n) is 3.39. The molecule has 2 rings (SSSR count). The van der Waals surface area contributed by atoms with Crippen LogP contribution in [0, 0.1) is 11.3 Å². The fraction of sp³-hybridized carbons (Fsp3) is 0.636. The fourth-order valence-electron chi connectivity index (χ4n) is 1.80. The summed E-state index contributed by atoms with van der Waals surface area (Å²) in [5.74, 6) is 1.40. The quantitative estimate of drug-likeness (QED) is 0.789. The topological polar surface area (TPSA) is 63.8 Å². The average molecular weight is 206 g/mol. The summed E-state index contributed by atoms with van der Waals surface area (Å²) in [5.41, 5.74) is 6.60. The van der Waals surface area contributed by atoms with Crippen LogP contribution in [0.1, 0.15) is 26.7 Å². The smallest absolute Gasteiger partial charge is 0.222 e. The molecule has 0 bridgehead atoms. The maximum absolute atomic E-state index is 5.52. The highest BCUT2D eigenvalue weighted by Gasteiger charge is 2.44. The number of hydrogen-bond acceptors (Lipinski definition) is 4. The lowest BCUT2D eigenvalue weighted by Crippen LogP contribution is -2.21. The molecule has 0 amide bonds. The summed E-state index contributed by atoms with van der Waals surface area (Å²) in [5, 5.41) is 3.28. The predicted molar refractivity (Wildman–Crippen MR) is 61.4 cm³/mol. The van der Waals surface area contributed by atoms with Crippen LogP contribution in [-0.4, -0.2) is 16.5 Å². The first-order chi connectivity index (χ1) is 7.12. The Morgan fingerprint density at radius 1 is 1.40 bits per heavy atom. The van der Waals surface area contributed by atoms with E-state index in [-0.39, 0.29) is 0 Å². The van der Waals surface area contributed by atoms with Gasteiger partial charge in [-0.1, -0.05) is 13.8 Å². The van der Waals surface area contributed by atoms with Crippen molar-refractivity contribution in [3.8, 4) is 0 Å². The molecule has 82 valence electrons. The number of nitrogens with zero attached hydrogens (tertiary/aromatic N) is 2. The van der Waals surface area contributed by atoms with E-state index >= 15 is 0 Å². The van der Waals surface area contributed by atoms with Gasteiger partial charge in [-0.25, -0.2) is 9.97 Å². The fourth-order valence-corrected chi connectivity index (χ4v) is 1.80.